The molecular weight excluding hydrogens is 140 g/mol. The molecule has 2 aliphatic rings. The van der Waals surface area contributed by atoms with Crippen molar-refractivity contribution >= 4 is 0 Å². The summed E-state index contributed by atoms with van der Waals surface area (Å²) in [5, 5.41) is 9.23. The topological polar surface area (TPSA) is 29.5 Å². The second-order valence-corrected chi connectivity index (χ2v) is 2.93. The molecule has 11 heavy (non-hydrogen) atoms. The number of aliphatic hydroxyl groups is 1. The van der Waals surface area contributed by atoms with Gasteiger partial charge in [-0.1, -0.05) is 0 Å². The molecule has 2 rings (SSSR count). The SMILES string of the molecule is CC1=CC(O)=CC2COC=C12. The van der Waals surface area contributed by atoms with Crippen LogP contribution in [-0.4, -0.2) is 11.7 Å². The summed E-state index contributed by atoms with van der Waals surface area (Å²) >= 11 is 0. The van der Waals surface area contributed by atoms with Crippen LogP contribution in [0.3, 0.4) is 0 Å². The lowest BCUT2D eigenvalue weighted by Crippen LogP contribution is -2.06. The van der Waals surface area contributed by atoms with Gasteiger partial charge in [0.2, 0.25) is 0 Å². The lowest BCUT2D eigenvalue weighted by molar-refractivity contribution is 0.261. The Bertz CT molecular complexity index is 271. The van der Waals surface area contributed by atoms with Gasteiger partial charge in [0, 0.05) is 11.5 Å². The minimum atomic E-state index is 0.278. The first-order valence-electron chi connectivity index (χ1n) is 3.68. The molecule has 0 aromatic carbocycles. The fourth-order valence-electron chi connectivity index (χ4n) is 1.50. The predicted molar refractivity (Wildman–Crippen MR) is 42.0 cm³/mol. The van der Waals surface area contributed by atoms with Gasteiger partial charge in [0.1, 0.15) is 5.76 Å². The summed E-state index contributed by atoms with van der Waals surface area (Å²) in [6.45, 7) is 2.65. The van der Waals surface area contributed by atoms with Crippen LogP contribution in [0.4, 0.5) is 0 Å². The lowest BCUT2D eigenvalue weighted by atomic mass is 9.91. The largest absolute Gasteiger partial charge is 0.508 e. The van der Waals surface area contributed by atoms with E-state index in [4.69, 9.17) is 4.74 Å². The first-order chi connectivity index (χ1) is 5.27. The average molecular weight is 150 g/mol. The molecule has 0 spiro atoms. The van der Waals surface area contributed by atoms with E-state index in [0.29, 0.717) is 12.4 Å². The van der Waals surface area contributed by atoms with Gasteiger partial charge in [0.15, 0.2) is 0 Å². The van der Waals surface area contributed by atoms with Gasteiger partial charge in [-0.25, -0.2) is 0 Å². The molecule has 58 valence electrons. The number of aliphatic hydroxyl groups excluding tert-OH is 1. The zero-order valence-electron chi connectivity index (χ0n) is 6.37. The molecule has 2 heteroatoms. The number of rotatable bonds is 0. The summed E-state index contributed by atoms with van der Waals surface area (Å²) in [5.41, 5.74) is 2.30. The van der Waals surface area contributed by atoms with Crippen molar-refractivity contribution in [3.63, 3.8) is 0 Å². The van der Waals surface area contributed by atoms with Crippen LogP contribution in [0, 0.1) is 5.92 Å². The van der Waals surface area contributed by atoms with Gasteiger partial charge < -0.3 is 9.84 Å². The van der Waals surface area contributed by atoms with Gasteiger partial charge >= 0.3 is 0 Å². The quantitative estimate of drug-likeness (QED) is 0.571. The van der Waals surface area contributed by atoms with Crippen LogP contribution in [0.15, 0.2) is 35.3 Å². The number of ether oxygens (including phenoxy) is 1. The highest BCUT2D eigenvalue weighted by Crippen LogP contribution is 2.31. The third-order valence-electron chi connectivity index (χ3n) is 2.08. The maximum absolute atomic E-state index is 9.23. The van der Waals surface area contributed by atoms with Gasteiger partial charge in [0.05, 0.1) is 12.9 Å². The fraction of sp³-hybridized carbons (Fsp3) is 0.333. The lowest BCUT2D eigenvalue weighted by Gasteiger charge is -2.13. The predicted octanol–water partition coefficient (Wildman–Crippen LogP) is 1.92. The molecular formula is C9H10O2. The Hall–Kier alpha value is -1.18. The van der Waals surface area contributed by atoms with Crippen molar-refractivity contribution in [3.05, 3.63) is 35.3 Å². The molecule has 1 heterocycles. The van der Waals surface area contributed by atoms with Crippen molar-refractivity contribution < 1.29 is 9.84 Å². The molecule has 1 atom stereocenters. The minimum Gasteiger partial charge on any atom is -0.508 e. The van der Waals surface area contributed by atoms with Gasteiger partial charge in [-0.15, -0.1) is 0 Å². The van der Waals surface area contributed by atoms with E-state index in [1.165, 1.54) is 5.57 Å². The minimum absolute atomic E-state index is 0.278. The first kappa shape index (κ1) is 6.53. The molecule has 0 saturated heterocycles. The highest BCUT2D eigenvalue weighted by molar-refractivity contribution is 5.43. The molecule has 2 nitrogen and oxygen atoms in total. The third kappa shape index (κ3) is 0.946. The molecule has 0 aromatic heterocycles. The van der Waals surface area contributed by atoms with Gasteiger partial charge in [0.25, 0.3) is 0 Å². The Kier molecular flexibility index (Phi) is 1.28. The summed E-state index contributed by atoms with van der Waals surface area (Å²) in [6, 6.07) is 0. The Morgan fingerprint density at radius 3 is 3.27 bits per heavy atom. The van der Waals surface area contributed by atoms with Crippen LogP contribution in [0.25, 0.3) is 0 Å². The Labute approximate surface area is 65.5 Å². The Morgan fingerprint density at radius 1 is 1.64 bits per heavy atom. The summed E-state index contributed by atoms with van der Waals surface area (Å²) in [6.07, 6.45) is 5.36. The van der Waals surface area contributed by atoms with E-state index in [1.807, 2.05) is 13.0 Å². The molecule has 0 fully saturated rings. The maximum Gasteiger partial charge on any atom is 0.112 e. The molecule has 0 aromatic rings. The van der Waals surface area contributed by atoms with Gasteiger partial charge in [-0.2, -0.15) is 0 Å². The van der Waals surface area contributed by atoms with Crippen LogP contribution in [-0.2, 0) is 4.74 Å². The van der Waals surface area contributed by atoms with Crippen molar-refractivity contribution in [1.29, 1.82) is 0 Å². The summed E-state index contributed by atoms with van der Waals surface area (Å²) in [7, 11) is 0. The molecule has 0 amide bonds. The highest BCUT2D eigenvalue weighted by atomic mass is 16.5. The standard InChI is InChI=1S/C9H10O2/c1-6-2-8(10)3-7-4-11-5-9(6)7/h2-3,5,7,10H,4H2,1H3. The third-order valence-corrected chi connectivity index (χ3v) is 2.08. The van der Waals surface area contributed by atoms with E-state index in [9.17, 15) is 5.11 Å². The molecule has 1 N–H and O–H groups in total. The smallest absolute Gasteiger partial charge is 0.112 e. The summed E-state index contributed by atoms with van der Waals surface area (Å²) in [4.78, 5) is 0. The molecule has 0 bridgehead atoms. The van der Waals surface area contributed by atoms with Crippen LogP contribution >= 0.6 is 0 Å². The molecule has 1 aliphatic carbocycles. The second-order valence-electron chi connectivity index (χ2n) is 2.93. The number of hydrogen-bond donors (Lipinski definition) is 1. The zero-order valence-corrected chi connectivity index (χ0v) is 6.37. The average Bonchev–Trinajstić information content (AvgIpc) is 2.34. The molecule has 0 saturated carbocycles. The van der Waals surface area contributed by atoms with E-state index < -0.39 is 0 Å². The Balaban J connectivity index is 2.40. The van der Waals surface area contributed by atoms with Crippen molar-refractivity contribution in [2.24, 2.45) is 5.92 Å². The van der Waals surface area contributed by atoms with Crippen molar-refractivity contribution in [3.8, 4) is 0 Å². The number of allylic oxidation sites excluding steroid dienone is 2. The van der Waals surface area contributed by atoms with Crippen molar-refractivity contribution in [2.45, 2.75) is 6.92 Å². The van der Waals surface area contributed by atoms with Gasteiger partial charge in [-0.05, 0) is 24.6 Å². The monoisotopic (exact) mass is 150 g/mol. The number of fused-ring (bicyclic) bond motifs is 1. The van der Waals surface area contributed by atoms with E-state index in [1.54, 1.807) is 12.3 Å². The van der Waals surface area contributed by atoms with Crippen LogP contribution < -0.4 is 0 Å². The van der Waals surface area contributed by atoms with Gasteiger partial charge in [-0.3, -0.25) is 0 Å². The number of hydrogen-bond acceptors (Lipinski definition) is 2. The van der Waals surface area contributed by atoms with E-state index >= 15 is 0 Å². The van der Waals surface area contributed by atoms with Crippen molar-refractivity contribution in [2.75, 3.05) is 6.61 Å². The Morgan fingerprint density at radius 2 is 2.45 bits per heavy atom. The molecule has 1 aliphatic heterocycles. The first-order valence-corrected chi connectivity index (χ1v) is 3.68. The molecule has 0 radical (unpaired) electrons. The van der Waals surface area contributed by atoms with E-state index in [0.717, 1.165) is 5.57 Å². The van der Waals surface area contributed by atoms with Crippen LogP contribution in [0.2, 0.25) is 0 Å². The van der Waals surface area contributed by atoms with Crippen LogP contribution in [0.5, 0.6) is 0 Å². The van der Waals surface area contributed by atoms with E-state index in [-0.39, 0.29) is 5.92 Å². The fourth-order valence-corrected chi connectivity index (χ4v) is 1.50. The zero-order chi connectivity index (χ0) is 7.84. The summed E-state index contributed by atoms with van der Waals surface area (Å²) < 4.78 is 5.15. The second kappa shape index (κ2) is 2.16. The van der Waals surface area contributed by atoms with Crippen molar-refractivity contribution in [1.82, 2.24) is 0 Å². The molecule has 1 unspecified atom stereocenters. The maximum atomic E-state index is 9.23. The van der Waals surface area contributed by atoms with Crippen LogP contribution in [0.1, 0.15) is 6.92 Å². The highest BCUT2D eigenvalue weighted by Gasteiger charge is 2.23. The summed E-state index contributed by atoms with van der Waals surface area (Å²) in [5.74, 6) is 0.634. The normalized spacial score (nSPS) is 28.1. The van der Waals surface area contributed by atoms with E-state index in [2.05, 4.69) is 0 Å².